The first-order valence-corrected chi connectivity index (χ1v) is 6.43. The molecule has 0 aromatic carbocycles. The van der Waals surface area contributed by atoms with E-state index in [0.717, 1.165) is 6.42 Å². The summed E-state index contributed by atoms with van der Waals surface area (Å²) >= 11 is 0. The van der Waals surface area contributed by atoms with E-state index < -0.39 is 0 Å². The van der Waals surface area contributed by atoms with Gasteiger partial charge in [-0.15, -0.1) is 0 Å². The summed E-state index contributed by atoms with van der Waals surface area (Å²) in [7, 11) is 0. The van der Waals surface area contributed by atoms with Crippen LogP contribution in [0.2, 0.25) is 0 Å². The maximum Gasteiger partial charge on any atom is 0.135 e. The van der Waals surface area contributed by atoms with Gasteiger partial charge in [-0.2, -0.15) is 0 Å². The Morgan fingerprint density at radius 2 is 1.80 bits per heavy atom. The van der Waals surface area contributed by atoms with Crippen LogP contribution in [0.5, 0.6) is 0 Å². The third kappa shape index (κ3) is 4.78. The van der Waals surface area contributed by atoms with Crippen LogP contribution >= 0.6 is 0 Å². The van der Waals surface area contributed by atoms with Crippen molar-refractivity contribution in [1.82, 2.24) is 0 Å². The van der Waals surface area contributed by atoms with Gasteiger partial charge < -0.3 is 5.11 Å². The minimum absolute atomic E-state index is 0.249. The molecule has 0 aliphatic heterocycles. The third-order valence-corrected chi connectivity index (χ3v) is 3.40. The van der Waals surface area contributed by atoms with Crippen molar-refractivity contribution >= 4 is 5.78 Å². The van der Waals surface area contributed by atoms with Crippen LogP contribution < -0.4 is 0 Å². The predicted molar refractivity (Wildman–Crippen MR) is 61.7 cm³/mol. The van der Waals surface area contributed by atoms with E-state index in [1.807, 2.05) is 0 Å². The molecule has 88 valence electrons. The van der Waals surface area contributed by atoms with Crippen LogP contribution in [-0.2, 0) is 4.79 Å². The summed E-state index contributed by atoms with van der Waals surface area (Å²) in [6.07, 6.45) is 9.44. The topological polar surface area (TPSA) is 37.3 Å². The Balaban J connectivity index is 1.98. The predicted octanol–water partition coefficient (Wildman–Crippen LogP) is 3.08. The molecule has 1 N–H and O–H groups in total. The van der Waals surface area contributed by atoms with Gasteiger partial charge in [0.15, 0.2) is 0 Å². The van der Waals surface area contributed by atoms with Gasteiger partial charge in [0.1, 0.15) is 5.78 Å². The largest absolute Gasteiger partial charge is 0.392 e. The van der Waals surface area contributed by atoms with E-state index in [1.165, 1.54) is 38.5 Å². The molecule has 1 saturated carbocycles. The molecule has 0 radical (unpaired) electrons. The average Bonchev–Trinajstić information content (AvgIpc) is 2.51. The van der Waals surface area contributed by atoms with Crippen molar-refractivity contribution in [1.29, 1.82) is 0 Å². The van der Waals surface area contributed by atoms with Gasteiger partial charge in [-0.1, -0.05) is 45.4 Å². The lowest BCUT2D eigenvalue weighted by Gasteiger charge is -2.12. The highest BCUT2D eigenvalue weighted by Crippen LogP contribution is 2.27. The van der Waals surface area contributed by atoms with E-state index in [4.69, 9.17) is 0 Å². The van der Waals surface area contributed by atoms with Crippen LogP contribution in [0.15, 0.2) is 0 Å². The number of unbranched alkanes of at least 4 members (excludes halogenated alkanes) is 5. The molecule has 0 unspecified atom stereocenters. The molecular formula is C13H24O2. The number of rotatable bonds is 7. The number of carbonyl (C=O) groups is 1. The molecule has 0 heterocycles. The van der Waals surface area contributed by atoms with Gasteiger partial charge in [0.25, 0.3) is 0 Å². The number of ketones is 1. The highest BCUT2D eigenvalue weighted by atomic mass is 16.3. The molecule has 0 aromatic rings. The van der Waals surface area contributed by atoms with Gasteiger partial charge in [0, 0.05) is 12.8 Å². The summed E-state index contributed by atoms with van der Waals surface area (Å²) in [4.78, 5) is 11.1. The fraction of sp³-hybridized carbons (Fsp3) is 0.923. The highest BCUT2D eigenvalue weighted by molar-refractivity contribution is 5.81. The van der Waals surface area contributed by atoms with Gasteiger partial charge in [0.05, 0.1) is 6.10 Å². The fourth-order valence-corrected chi connectivity index (χ4v) is 2.39. The molecular weight excluding hydrogens is 188 g/mol. The van der Waals surface area contributed by atoms with E-state index in [-0.39, 0.29) is 17.8 Å². The zero-order valence-corrected chi connectivity index (χ0v) is 9.87. The van der Waals surface area contributed by atoms with Crippen LogP contribution in [0.25, 0.3) is 0 Å². The smallest absolute Gasteiger partial charge is 0.135 e. The van der Waals surface area contributed by atoms with E-state index in [1.54, 1.807) is 0 Å². The second kappa shape index (κ2) is 7.00. The molecule has 0 amide bonds. The lowest BCUT2D eigenvalue weighted by atomic mass is 9.97. The maximum absolute atomic E-state index is 11.1. The maximum atomic E-state index is 11.1. The Hall–Kier alpha value is -0.370. The number of hydrogen-bond acceptors (Lipinski definition) is 2. The molecule has 2 nitrogen and oxygen atoms in total. The number of carbonyl (C=O) groups excluding carboxylic acids is 1. The lowest BCUT2D eigenvalue weighted by Crippen LogP contribution is -2.12. The minimum atomic E-state index is -0.340. The molecule has 1 fully saturated rings. The Labute approximate surface area is 93.1 Å². The standard InChI is InChI=1S/C13H24O2/c1-2-3-4-5-6-7-8-11-9-12(14)10-13(11)15/h11,13,15H,2-10H2,1H3/t11-,13+/m0/s1. The molecule has 0 aromatic heterocycles. The van der Waals surface area contributed by atoms with Crippen LogP contribution in [-0.4, -0.2) is 17.0 Å². The zero-order valence-electron chi connectivity index (χ0n) is 9.87. The normalized spacial score (nSPS) is 26.1. The SMILES string of the molecule is CCCCCCCC[C@H]1CC(=O)C[C@H]1O. The van der Waals surface area contributed by atoms with Gasteiger partial charge in [-0.05, 0) is 12.3 Å². The second-order valence-corrected chi connectivity index (χ2v) is 4.83. The monoisotopic (exact) mass is 212 g/mol. The summed E-state index contributed by atoms with van der Waals surface area (Å²) in [5, 5.41) is 9.58. The van der Waals surface area contributed by atoms with Crippen molar-refractivity contribution in [3.05, 3.63) is 0 Å². The number of aliphatic hydroxyl groups excluding tert-OH is 1. The van der Waals surface area contributed by atoms with Crippen molar-refractivity contribution in [3.63, 3.8) is 0 Å². The summed E-state index contributed by atoms with van der Waals surface area (Å²) < 4.78 is 0. The Kier molecular flexibility index (Phi) is 5.92. The summed E-state index contributed by atoms with van der Waals surface area (Å²) in [5.41, 5.74) is 0. The quantitative estimate of drug-likeness (QED) is 0.658. The molecule has 0 saturated heterocycles. The lowest BCUT2D eigenvalue weighted by molar-refractivity contribution is -0.117. The van der Waals surface area contributed by atoms with Gasteiger partial charge in [0.2, 0.25) is 0 Å². The Morgan fingerprint density at radius 3 is 2.40 bits per heavy atom. The van der Waals surface area contributed by atoms with Crippen molar-refractivity contribution in [2.75, 3.05) is 0 Å². The number of Topliss-reactive ketones (excluding diaryl/α,β-unsaturated/α-hetero) is 1. The zero-order chi connectivity index (χ0) is 11.1. The van der Waals surface area contributed by atoms with Gasteiger partial charge >= 0.3 is 0 Å². The molecule has 1 rings (SSSR count). The van der Waals surface area contributed by atoms with E-state index in [9.17, 15) is 9.90 Å². The first-order valence-electron chi connectivity index (χ1n) is 6.43. The summed E-state index contributed by atoms with van der Waals surface area (Å²) in [6.45, 7) is 2.22. The second-order valence-electron chi connectivity index (χ2n) is 4.83. The van der Waals surface area contributed by atoms with Crippen molar-refractivity contribution < 1.29 is 9.90 Å². The van der Waals surface area contributed by atoms with E-state index in [0.29, 0.717) is 12.8 Å². The third-order valence-electron chi connectivity index (χ3n) is 3.40. The molecule has 2 heteroatoms. The van der Waals surface area contributed by atoms with E-state index in [2.05, 4.69) is 6.92 Å². The first-order chi connectivity index (χ1) is 7.24. The van der Waals surface area contributed by atoms with Gasteiger partial charge in [-0.3, -0.25) is 4.79 Å². The van der Waals surface area contributed by atoms with Crippen LogP contribution in [0.1, 0.15) is 64.7 Å². The van der Waals surface area contributed by atoms with Crippen LogP contribution in [0.3, 0.4) is 0 Å². The molecule has 15 heavy (non-hydrogen) atoms. The van der Waals surface area contributed by atoms with Crippen LogP contribution in [0, 0.1) is 5.92 Å². The fourth-order valence-electron chi connectivity index (χ4n) is 2.39. The number of aliphatic hydroxyl groups is 1. The van der Waals surface area contributed by atoms with Crippen molar-refractivity contribution in [2.45, 2.75) is 70.8 Å². The Bertz CT molecular complexity index is 189. The molecule has 1 aliphatic carbocycles. The van der Waals surface area contributed by atoms with Crippen LogP contribution in [0.4, 0.5) is 0 Å². The Morgan fingerprint density at radius 1 is 1.13 bits per heavy atom. The summed E-state index contributed by atoms with van der Waals surface area (Å²) in [6, 6.07) is 0. The van der Waals surface area contributed by atoms with E-state index >= 15 is 0 Å². The molecule has 0 spiro atoms. The highest BCUT2D eigenvalue weighted by Gasteiger charge is 2.30. The van der Waals surface area contributed by atoms with Crippen molar-refractivity contribution in [3.8, 4) is 0 Å². The average molecular weight is 212 g/mol. The molecule has 2 atom stereocenters. The summed E-state index contributed by atoms with van der Waals surface area (Å²) in [5.74, 6) is 0.516. The minimum Gasteiger partial charge on any atom is -0.392 e. The van der Waals surface area contributed by atoms with Crippen molar-refractivity contribution in [2.24, 2.45) is 5.92 Å². The molecule has 0 bridgehead atoms. The number of hydrogen-bond donors (Lipinski definition) is 1. The molecule has 1 aliphatic rings. The first kappa shape index (κ1) is 12.7. The van der Waals surface area contributed by atoms with Gasteiger partial charge in [-0.25, -0.2) is 0 Å².